The number of rotatable bonds is 10. The first-order valence-corrected chi connectivity index (χ1v) is 7.50. The van der Waals surface area contributed by atoms with Gasteiger partial charge in [-0.05, 0) is 12.8 Å². The van der Waals surface area contributed by atoms with E-state index < -0.39 is 5.97 Å². The normalized spacial score (nSPS) is 10.0. The second-order valence-corrected chi connectivity index (χ2v) is 5.04. The molecule has 0 aliphatic rings. The number of carboxylic acid groups (broad SMARTS) is 1. The first kappa shape index (κ1) is 17.8. The lowest BCUT2D eigenvalue weighted by Crippen LogP contribution is -2.42. The fraction of sp³-hybridized carbons (Fsp3) is 0.750. The van der Waals surface area contributed by atoms with Crippen LogP contribution >= 0.6 is 11.8 Å². The van der Waals surface area contributed by atoms with E-state index in [0.717, 1.165) is 24.6 Å². The lowest BCUT2D eigenvalue weighted by Gasteiger charge is -2.21. The Kier molecular flexibility index (Phi) is 9.97. The number of carbonyl (C=O) groups is 3. The van der Waals surface area contributed by atoms with E-state index in [4.69, 9.17) is 5.11 Å². The van der Waals surface area contributed by atoms with Gasteiger partial charge in [0, 0.05) is 13.1 Å². The van der Waals surface area contributed by atoms with Gasteiger partial charge in [-0.1, -0.05) is 13.8 Å². The van der Waals surface area contributed by atoms with E-state index in [9.17, 15) is 14.4 Å². The molecule has 0 saturated heterocycles. The number of hydrogen-bond donors (Lipinski definition) is 2. The van der Waals surface area contributed by atoms with Crippen LogP contribution in [0.15, 0.2) is 0 Å². The summed E-state index contributed by atoms with van der Waals surface area (Å²) in [6.45, 7) is 5.03. The molecule has 7 heteroatoms. The van der Waals surface area contributed by atoms with Crippen molar-refractivity contribution in [3.63, 3.8) is 0 Å². The van der Waals surface area contributed by atoms with E-state index in [-0.39, 0.29) is 29.9 Å². The van der Waals surface area contributed by atoms with E-state index in [2.05, 4.69) is 5.32 Å². The Morgan fingerprint density at radius 1 is 1.16 bits per heavy atom. The fourth-order valence-electron chi connectivity index (χ4n) is 1.37. The highest BCUT2D eigenvalue weighted by Crippen LogP contribution is 2.03. The summed E-state index contributed by atoms with van der Waals surface area (Å²) in [7, 11) is 0. The molecule has 19 heavy (non-hydrogen) atoms. The number of thioether (sulfide) groups is 1. The maximum Gasteiger partial charge on any atom is 0.313 e. The number of amides is 2. The van der Waals surface area contributed by atoms with Crippen LogP contribution < -0.4 is 5.32 Å². The Hall–Kier alpha value is -1.24. The Bertz CT molecular complexity index is 310. The molecule has 0 saturated carbocycles. The molecular formula is C12H22N2O4S. The zero-order chi connectivity index (χ0) is 14.7. The smallest absolute Gasteiger partial charge is 0.313 e. The van der Waals surface area contributed by atoms with Crippen molar-refractivity contribution in [2.24, 2.45) is 0 Å². The van der Waals surface area contributed by atoms with Crippen LogP contribution in [-0.2, 0) is 14.4 Å². The van der Waals surface area contributed by atoms with Gasteiger partial charge in [0.15, 0.2) is 0 Å². The monoisotopic (exact) mass is 290 g/mol. The van der Waals surface area contributed by atoms with Crippen LogP contribution in [-0.4, -0.2) is 58.9 Å². The summed E-state index contributed by atoms with van der Waals surface area (Å²) in [5, 5.41) is 11.2. The molecule has 0 radical (unpaired) electrons. The molecule has 0 bridgehead atoms. The zero-order valence-electron chi connectivity index (χ0n) is 11.5. The number of hydrogen-bond acceptors (Lipinski definition) is 4. The topological polar surface area (TPSA) is 86.7 Å². The summed E-state index contributed by atoms with van der Waals surface area (Å²) >= 11 is 1.05. The second kappa shape index (κ2) is 10.7. The van der Waals surface area contributed by atoms with Crippen molar-refractivity contribution in [2.45, 2.75) is 26.7 Å². The van der Waals surface area contributed by atoms with Gasteiger partial charge in [0.1, 0.15) is 0 Å². The van der Waals surface area contributed by atoms with Crippen molar-refractivity contribution in [3.8, 4) is 0 Å². The predicted molar refractivity (Wildman–Crippen MR) is 75.1 cm³/mol. The number of carbonyl (C=O) groups excluding carboxylic acids is 2. The van der Waals surface area contributed by atoms with Crippen LogP contribution in [0.4, 0.5) is 0 Å². The van der Waals surface area contributed by atoms with Gasteiger partial charge in [-0.25, -0.2) is 0 Å². The highest BCUT2D eigenvalue weighted by atomic mass is 32.2. The summed E-state index contributed by atoms with van der Waals surface area (Å²) in [4.78, 5) is 35.3. The lowest BCUT2D eigenvalue weighted by molar-refractivity contribution is -0.134. The standard InChI is InChI=1S/C12H22N2O4S/c1-3-5-13-10(15)7-14(6-4-2)11(16)8-19-9-12(17)18/h3-9H2,1-2H3,(H,13,15)(H,17,18). The van der Waals surface area contributed by atoms with E-state index in [1.807, 2.05) is 13.8 Å². The quantitative estimate of drug-likeness (QED) is 0.614. The second-order valence-electron chi connectivity index (χ2n) is 4.05. The molecular weight excluding hydrogens is 268 g/mol. The summed E-state index contributed by atoms with van der Waals surface area (Å²) < 4.78 is 0. The SMILES string of the molecule is CCCNC(=O)CN(CCC)C(=O)CSCC(=O)O. The van der Waals surface area contributed by atoms with Gasteiger partial charge in [-0.3, -0.25) is 14.4 Å². The van der Waals surface area contributed by atoms with Gasteiger partial charge in [0.05, 0.1) is 18.1 Å². The molecule has 0 aromatic heterocycles. The van der Waals surface area contributed by atoms with Crippen LogP contribution in [0.1, 0.15) is 26.7 Å². The van der Waals surface area contributed by atoms with Crippen molar-refractivity contribution >= 4 is 29.5 Å². The van der Waals surface area contributed by atoms with Crippen LogP contribution in [0.2, 0.25) is 0 Å². The molecule has 0 aliphatic heterocycles. The first-order chi connectivity index (χ1) is 9.01. The molecule has 0 spiro atoms. The summed E-state index contributed by atoms with van der Waals surface area (Å²) in [5.41, 5.74) is 0. The Morgan fingerprint density at radius 3 is 2.37 bits per heavy atom. The average Bonchev–Trinajstić information content (AvgIpc) is 2.35. The Balaban J connectivity index is 4.17. The predicted octanol–water partition coefficient (Wildman–Crippen LogP) is 0.569. The molecule has 6 nitrogen and oxygen atoms in total. The van der Waals surface area contributed by atoms with E-state index in [0.29, 0.717) is 13.1 Å². The van der Waals surface area contributed by atoms with Gasteiger partial charge in [0.25, 0.3) is 0 Å². The number of nitrogens with one attached hydrogen (secondary N) is 1. The molecule has 0 rings (SSSR count). The molecule has 2 amide bonds. The molecule has 0 aromatic rings. The van der Waals surface area contributed by atoms with E-state index in [1.165, 1.54) is 4.90 Å². The van der Waals surface area contributed by atoms with Crippen LogP contribution in [0.25, 0.3) is 0 Å². The molecule has 0 unspecified atom stereocenters. The molecule has 2 N–H and O–H groups in total. The Labute approximate surface area is 117 Å². The largest absolute Gasteiger partial charge is 0.481 e. The minimum atomic E-state index is -0.944. The highest BCUT2D eigenvalue weighted by Gasteiger charge is 2.16. The highest BCUT2D eigenvalue weighted by molar-refractivity contribution is 8.00. The lowest BCUT2D eigenvalue weighted by atomic mass is 10.3. The maximum atomic E-state index is 11.9. The van der Waals surface area contributed by atoms with Crippen LogP contribution in [0.3, 0.4) is 0 Å². The number of carboxylic acids is 1. The van der Waals surface area contributed by atoms with Gasteiger partial charge in [0.2, 0.25) is 11.8 Å². The molecule has 0 aliphatic carbocycles. The van der Waals surface area contributed by atoms with Crippen molar-refractivity contribution in [1.82, 2.24) is 10.2 Å². The van der Waals surface area contributed by atoms with E-state index in [1.54, 1.807) is 0 Å². The van der Waals surface area contributed by atoms with Crippen LogP contribution in [0, 0.1) is 0 Å². The van der Waals surface area contributed by atoms with Gasteiger partial charge in [-0.2, -0.15) is 0 Å². The first-order valence-electron chi connectivity index (χ1n) is 6.35. The summed E-state index contributed by atoms with van der Waals surface area (Å²) in [6, 6.07) is 0. The molecule has 0 fully saturated rings. The van der Waals surface area contributed by atoms with Crippen molar-refractivity contribution in [3.05, 3.63) is 0 Å². The van der Waals surface area contributed by atoms with Crippen molar-refractivity contribution in [2.75, 3.05) is 31.1 Å². The third-order valence-corrected chi connectivity index (χ3v) is 3.11. The summed E-state index contributed by atoms with van der Waals surface area (Å²) in [5.74, 6) is -1.33. The third-order valence-electron chi connectivity index (χ3n) is 2.20. The third kappa shape index (κ3) is 9.35. The zero-order valence-corrected chi connectivity index (χ0v) is 12.3. The molecule has 0 heterocycles. The Morgan fingerprint density at radius 2 is 1.84 bits per heavy atom. The van der Waals surface area contributed by atoms with Crippen LogP contribution in [0.5, 0.6) is 0 Å². The molecule has 0 atom stereocenters. The summed E-state index contributed by atoms with van der Waals surface area (Å²) in [6.07, 6.45) is 1.61. The van der Waals surface area contributed by atoms with Gasteiger partial charge < -0.3 is 15.3 Å². The minimum Gasteiger partial charge on any atom is -0.481 e. The van der Waals surface area contributed by atoms with Gasteiger partial charge >= 0.3 is 5.97 Å². The van der Waals surface area contributed by atoms with E-state index >= 15 is 0 Å². The minimum absolute atomic E-state index is 0.0420. The van der Waals surface area contributed by atoms with Crippen molar-refractivity contribution < 1.29 is 19.5 Å². The number of nitrogens with zero attached hydrogens (tertiary/aromatic N) is 1. The molecule has 0 aromatic carbocycles. The number of aliphatic carboxylic acids is 1. The fourth-order valence-corrected chi connectivity index (χ4v) is 2.01. The maximum absolute atomic E-state index is 11.9. The molecule has 110 valence electrons. The average molecular weight is 290 g/mol. The van der Waals surface area contributed by atoms with Gasteiger partial charge in [-0.15, -0.1) is 11.8 Å². The van der Waals surface area contributed by atoms with Crippen molar-refractivity contribution in [1.29, 1.82) is 0 Å².